The molecule has 0 spiro atoms. The summed E-state index contributed by atoms with van der Waals surface area (Å²) < 4.78 is 5.48. The molecule has 0 fully saturated rings. The maximum atomic E-state index is 11.9. The summed E-state index contributed by atoms with van der Waals surface area (Å²) in [6, 6.07) is 4.67. The van der Waals surface area contributed by atoms with Crippen LogP contribution in [0.2, 0.25) is 10.0 Å². The van der Waals surface area contributed by atoms with Crippen molar-refractivity contribution in [2.45, 2.75) is 20.3 Å². The number of hydrazone groups is 1. The molecule has 1 aromatic heterocycles. The van der Waals surface area contributed by atoms with E-state index >= 15 is 0 Å². The predicted octanol–water partition coefficient (Wildman–Crippen LogP) is 2.94. The van der Waals surface area contributed by atoms with Gasteiger partial charge in [-0.25, -0.2) is 10.2 Å². The van der Waals surface area contributed by atoms with E-state index in [0.29, 0.717) is 33.7 Å². The minimum absolute atomic E-state index is 0.0298. The van der Waals surface area contributed by atoms with Gasteiger partial charge in [0.1, 0.15) is 5.69 Å². The van der Waals surface area contributed by atoms with Crippen LogP contribution >= 0.6 is 23.2 Å². The lowest BCUT2D eigenvalue weighted by molar-refractivity contribution is 0.0949. The molecule has 0 radical (unpaired) electrons. The molecule has 0 saturated carbocycles. The Labute approximate surface area is 154 Å². The average molecular weight is 383 g/mol. The summed E-state index contributed by atoms with van der Waals surface area (Å²) in [6.45, 7) is 4.13. The molecular formula is C16H16Cl2N4O3. The molecule has 1 heterocycles. The van der Waals surface area contributed by atoms with Gasteiger partial charge < -0.3 is 9.72 Å². The molecule has 132 valence electrons. The van der Waals surface area contributed by atoms with E-state index in [-0.39, 0.29) is 5.69 Å². The van der Waals surface area contributed by atoms with Gasteiger partial charge in [-0.05, 0) is 37.1 Å². The van der Waals surface area contributed by atoms with E-state index in [4.69, 9.17) is 27.9 Å². The number of aromatic nitrogens is 2. The number of hydrogen-bond acceptors (Lipinski definition) is 5. The zero-order chi connectivity index (χ0) is 18.4. The normalized spacial score (nSPS) is 10.9. The van der Waals surface area contributed by atoms with Crippen LogP contribution in [-0.2, 0) is 0 Å². The van der Waals surface area contributed by atoms with Gasteiger partial charge in [0.2, 0.25) is 0 Å². The van der Waals surface area contributed by atoms with Gasteiger partial charge in [0.15, 0.2) is 5.75 Å². The molecule has 0 unspecified atom stereocenters. The smallest absolute Gasteiger partial charge is 0.345 e. The lowest BCUT2D eigenvalue weighted by Gasteiger charge is -2.09. The lowest BCUT2D eigenvalue weighted by Crippen LogP contribution is -2.24. The quantitative estimate of drug-likeness (QED) is 0.592. The highest BCUT2D eigenvalue weighted by molar-refractivity contribution is 6.37. The van der Waals surface area contributed by atoms with Crippen molar-refractivity contribution >= 4 is 35.3 Å². The lowest BCUT2D eigenvalue weighted by atomic mass is 10.2. The standard InChI is InChI=1S/C16H16Cl2N4O3/c1-3-4-25-14-11(17)6-10(7-12(14)18)8-19-22-15(23)13-5-9(2)20-16(24)21-13/h5-8H,3-4H2,1-2H3,(H,22,23)(H,20,21,24)/b19-8+. The number of aryl methyl sites for hydroxylation is 1. The number of hydrogen-bond donors (Lipinski definition) is 2. The molecule has 0 saturated heterocycles. The molecule has 0 aliphatic rings. The first-order valence-electron chi connectivity index (χ1n) is 7.44. The fourth-order valence-electron chi connectivity index (χ4n) is 1.91. The third kappa shape index (κ3) is 5.30. The highest BCUT2D eigenvalue weighted by atomic mass is 35.5. The number of carbonyl (C=O) groups excluding carboxylic acids is 1. The molecule has 25 heavy (non-hydrogen) atoms. The number of nitrogens with zero attached hydrogens (tertiary/aromatic N) is 2. The second-order valence-electron chi connectivity index (χ2n) is 5.12. The number of H-pyrrole nitrogens is 1. The zero-order valence-corrected chi connectivity index (χ0v) is 15.1. The molecule has 0 bridgehead atoms. The van der Waals surface area contributed by atoms with E-state index < -0.39 is 11.6 Å². The van der Waals surface area contributed by atoms with Crippen LogP contribution in [0.3, 0.4) is 0 Å². The van der Waals surface area contributed by atoms with Crippen LogP contribution in [-0.4, -0.2) is 28.7 Å². The number of ether oxygens (including phenoxy) is 1. The summed E-state index contributed by atoms with van der Waals surface area (Å²) in [5.41, 5.74) is 2.76. The van der Waals surface area contributed by atoms with Crippen molar-refractivity contribution in [1.29, 1.82) is 0 Å². The van der Waals surface area contributed by atoms with Crippen molar-refractivity contribution in [3.05, 3.63) is 55.7 Å². The van der Waals surface area contributed by atoms with Crippen molar-refractivity contribution in [2.75, 3.05) is 6.61 Å². The van der Waals surface area contributed by atoms with Gasteiger partial charge in [0.05, 0.1) is 22.9 Å². The number of carbonyl (C=O) groups is 1. The van der Waals surface area contributed by atoms with Crippen molar-refractivity contribution < 1.29 is 9.53 Å². The van der Waals surface area contributed by atoms with Gasteiger partial charge in [0, 0.05) is 5.69 Å². The Morgan fingerprint density at radius 1 is 1.36 bits per heavy atom. The SMILES string of the molecule is CCCOc1c(Cl)cc(/C=N/NC(=O)c2cc(C)[nH]c(=O)n2)cc1Cl. The summed E-state index contributed by atoms with van der Waals surface area (Å²) in [5, 5.41) is 4.51. The minimum atomic E-state index is -0.606. The first-order valence-corrected chi connectivity index (χ1v) is 8.19. The summed E-state index contributed by atoms with van der Waals surface area (Å²) in [5.74, 6) is -0.194. The van der Waals surface area contributed by atoms with E-state index in [0.717, 1.165) is 6.42 Å². The monoisotopic (exact) mass is 382 g/mol. The highest BCUT2D eigenvalue weighted by Crippen LogP contribution is 2.33. The maximum Gasteiger partial charge on any atom is 0.345 e. The molecular weight excluding hydrogens is 367 g/mol. The molecule has 1 amide bonds. The largest absolute Gasteiger partial charge is 0.490 e. The number of benzene rings is 1. The number of rotatable bonds is 6. The van der Waals surface area contributed by atoms with Crippen LogP contribution in [0.25, 0.3) is 0 Å². The maximum absolute atomic E-state index is 11.9. The molecule has 0 aliphatic carbocycles. The Morgan fingerprint density at radius 2 is 2.04 bits per heavy atom. The Kier molecular flexibility index (Phi) is 6.55. The molecule has 0 aliphatic heterocycles. The Bertz CT molecular complexity index is 842. The summed E-state index contributed by atoms with van der Waals surface area (Å²) in [4.78, 5) is 29.2. The van der Waals surface area contributed by atoms with Crippen molar-refractivity contribution in [3.8, 4) is 5.75 Å². The van der Waals surface area contributed by atoms with Gasteiger partial charge in [-0.2, -0.15) is 10.1 Å². The number of amides is 1. The second-order valence-corrected chi connectivity index (χ2v) is 5.93. The van der Waals surface area contributed by atoms with Crippen LogP contribution < -0.4 is 15.9 Å². The summed E-state index contributed by atoms with van der Waals surface area (Å²) >= 11 is 12.3. The van der Waals surface area contributed by atoms with E-state index in [1.807, 2.05) is 6.92 Å². The van der Waals surface area contributed by atoms with Crippen molar-refractivity contribution in [2.24, 2.45) is 5.10 Å². The predicted molar refractivity (Wildman–Crippen MR) is 96.9 cm³/mol. The summed E-state index contributed by atoms with van der Waals surface area (Å²) in [7, 11) is 0. The van der Waals surface area contributed by atoms with E-state index in [2.05, 4.69) is 20.5 Å². The van der Waals surface area contributed by atoms with E-state index in [1.165, 1.54) is 12.3 Å². The Balaban J connectivity index is 2.09. The fourth-order valence-corrected chi connectivity index (χ4v) is 2.53. The van der Waals surface area contributed by atoms with Gasteiger partial charge in [0.25, 0.3) is 5.91 Å². The molecule has 9 heteroatoms. The molecule has 1 aromatic carbocycles. The highest BCUT2D eigenvalue weighted by Gasteiger charge is 2.10. The number of nitrogens with one attached hydrogen (secondary N) is 2. The first-order chi connectivity index (χ1) is 11.9. The zero-order valence-electron chi connectivity index (χ0n) is 13.6. The first kappa shape index (κ1) is 19.0. The third-order valence-electron chi connectivity index (χ3n) is 2.96. The van der Waals surface area contributed by atoms with E-state index in [1.54, 1.807) is 19.1 Å². The van der Waals surface area contributed by atoms with E-state index in [9.17, 15) is 9.59 Å². The van der Waals surface area contributed by atoms with Crippen molar-refractivity contribution in [1.82, 2.24) is 15.4 Å². The van der Waals surface area contributed by atoms with Crippen LogP contribution in [0.1, 0.15) is 35.1 Å². The van der Waals surface area contributed by atoms with Crippen LogP contribution in [0, 0.1) is 6.92 Å². The van der Waals surface area contributed by atoms with Gasteiger partial charge >= 0.3 is 5.69 Å². The van der Waals surface area contributed by atoms with Crippen molar-refractivity contribution in [3.63, 3.8) is 0 Å². The van der Waals surface area contributed by atoms with Crippen LogP contribution in [0.5, 0.6) is 5.75 Å². The number of halogens is 2. The van der Waals surface area contributed by atoms with Crippen LogP contribution in [0.15, 0.2) is 28.1 Å². The number of aromatic amines is 1. The molecule has 7 nitrogen and oxygen atoms in total. The Hall–Kier alpha value is -2.38. The molecule has 2 rings (SSSR count). The molecule has 2 N–H and O–H groups in total. The minimum Gasteiger partial charge on any atom is -0.490 e. The van der Waals surface area contributed by atoms with Gasteiger partial charge in [-0.15, -0.1) is 0 Å². The molecule has 0 atom stereocenters. The summed E-state index contributed by atoms with van der Waals surface area (Å²) in [6.07, 6.45) is 2.21. The van der Waals surface area contributed by atoms with Gasteiger partial charge in [-0.1, -0.05) is 30.1 Å². The second kappa shape index (κ2) is 8.64. The molecule has 2 aromatic rings. The fraction of sp³-hybridized carbons (Fsp3) is 0.250. The third-order valence-corrected chi connectivity index (χ3v) is 3.52. The van der Waals surface area contributed by atoms with Gasteiger partial charge in [-0.3, -0.25) is 4.79 Å². The Morgan fingerprint density at radius 3 is 2.64 bits per heavy atom. The van der Waals surface area contributed by atoms with Crippen LogP contribution in [0.4, 0.5) is 0 Å². The topological polar surface area (TPSA) is 96.4 Å². The average Bonchev–Trinajstić information content (AvgIpc) is 2.53.